The molecule has 2 N–H and O–H groups in total. The van der Waals surface area contributed by atoms with Gasteiger partial charge in [-0.3, -0.25) is 4.68 Å². The highest BCUT2D eigenvalue weighted by atomic mass is 32.2. The molecule has 102 valence electrons. The van der Waals surface area contributed by atoms with E-state index in [4.69, 9.17) is 5.11 Å². The Hall–Kier alpha value is -1.80. The zero-order valence-electron chi connectivity index (χ0n) is 10.2. The van der Waals surface area contributed by atoms with E-state index >= 15 is 0 Å². The van der Waals surface area contributed by atoms with E-state index in [9.17, 15) is 13.2 Å². The summed E-state index contributed by atoms with van der Waals surface area (Å²) in [7, 11) is -3.77. The number of carbonyl (C=O) groups is 1. The number of aromatic nitrogens is 1. The molecule has 0 aromatic carbocycles. The van der Waals surface area contributed by atoms with Gasteiger partial charge in [-0.15, -0.1) is 11.3 Å². The van der Waals surface area contributed by atoms with Gasteiger partial charge in [0, 0.05) is 16.8 Å². The van der Waals surface area contributed by atoms with Gasteiger partial charge in [0.25, 0.3) is 10.0 Å². The van der Waals surface area contributed by atoms with E-state index in [2.05, 4.69) is 4.83 Å². The van der Waals surface area contributed by atoms with Gasteiger partial charge in [0.2, 0.25) is 0 Å². The lowest BCUT2D eigenvalue weighted by atomic mass is 10.4. The molecule has 0 saturated carbocycles. The summed E-state index contributed by atoms with van der Waals surface area (Å²) >= 11 is 0.874. The fraction of sp³-hybridized carbons (Fsp3) is 0.182. The van der Waals surface area contributed by atoms with Gasteiger partial charge < -0.3 is 5.11 Å². The van der Waals surface area contributed by atoms with Crippen molar-refractivity contribution >= 4 is 27.3 Å². The lowest BCUT2D eigenvalue weighted by molar-refractivity contribution is 0.0697. The molecule has 0 aliphatic heterocycles. The van der Waals surface area contributed by atoms with Crippen molar-refractivity contribution in [1.82, 2.24) is 4.68 Å². The smallest absolute Gasteiger partial charge is 0.336 e. The third-order valence-electron chi connectivity index (χ3n) is 2.57. The van der Waals surface area contributed by atoms with Crippen molar-refractivity contribution in [3.05, 3.63) is 40.5 Å². The monoisotopic (exact) mass is 300 g/mol. The molecule has 0 atom stereocenters. The van der Waals surface area contributed by atoms with Crippen molar-refractivity contribution < 1.29 is 18.3 Å². The molecule has 8 heteroatoms. The van der Waals surface area contributed by atoms with Gasteiger partial charge in [-0.05, 0) is 32.0 Å². The Labute approximate surface area is 114 Å². The fourth-order valence-electron chi connectivity index (χ4n) is 1.55. The number of nitrogens with one attached hydrogen (secondary N) is 1. The van der Waals surface area contributed by atoms with Gasteiger partial charge >= 0.3 is 5.97 Å². The van der Waals surface area contributed by atoms with E-state index in [0.29, 0.717) is 0 Å². The number of carboxylic acids is 1. The summed E-state index contributed by atoms with van der Waals surface area (Å²) < 4.78 is 25.7. The third kappa shape index (κ3) is 2.64. The average Bonchev–Trinajstić information content (AvgIpc) is 2.92. The van der Waals surface area contributed by atoms with E-state index in [1.807, 2.05) is 0 Å². The number of aryl methyl sites for hydroxylation is 2. The minimum Gasteiger partial charge on any atom is -0.478 e. The molecule has 2 aromatic heterocycles. The number of carboxylic acid groups (broad SMARTS) is 1. The maximum absolute atomic E-state index is 12.1. The van der Waals surface area contributed by atoms with Crippen molar-refractivity contribution in [1.29, 1.82) is 0 Å². The van der Waals surface area contributed by atoms with Crippen LogP contribution in [0.25, 0.3) is 0 Å². The van der Waals surface area contributed by atoms with Gasteiger partial charge in [0.15, 0.2) is 0 Å². The Bertz CT molecular complexity index is 708. The van der Waals surface area contributed by atoms with Crippen LogP contribution in [0, 0.1) is 13.8 Å². The van der Waals surface area contributed by atoms with Crippen molar-refractivity contribution in [2.24, 2.45) is 0 Å². The number of sulfonamides is 1. The molecule has 0 spiro atoms. The zero-order valence-corrected chi connectivity index (χ0v) is 11.9. The minimum absolute atomic E-state index is 0.0302. The summed E-state index contributed by atoms with van der Waals surface area (Å²) in [6, 6.07) is 4.72. The fourth-order valence-corrected chi connectivity index (χ4v) is 3.82. The molecule has 0 aliphatic rings. The molecule has 0 fully saturated rings. The first kappa shape index (κ1) is 13.6. The van der Waals surface area contributed by atoms with Crippen LogP contribution in [0.5, 0.6) is 0 Å². The number of rotatable bonds is 4. The number of thiophene rings is 1. The standard InChI is InChI=1S/C11H12N2O4S2/c1-7-3-4-8(2)13(7)12-19(16,17)10-5-9(6-18-10)11(14)15/h3-6,12H,1-2H3,(H,14,15). The summed E-state index contributed by atoms with van der Waals surface area (Å²) in [6.07, 6.45) is 0. The van der Waals surface area contributed by atoms with Gasteiger partial charge in [-0.2, -0.15) is 8.42 Å². The average molecular weight is 300 g/mol. The van der Waals surface area contributed by atoms with E-state index in [-0.39, 0.29) is 9.77 Å². The highest BCUT2D eigenvalue weighted by Crippen LogP contribution is 2.21. The molecule has 0 aliphatic carbocycles. The van der Waals surface area contributed by atoms with Crippen LogP contribution in [0.3, 0.4) is 0 Å². The Morgan fingerprint density at radius 1 is 1.32 bits per heavy atom. The molecule has 2 rings (SSSR count). The molecule has 0 amide bonds. The van der Waals surface area contributed by atoms with Crippen molar-refractivity contribution in [2.75, 3.05) is 4.83 Å². The number of hydrogen-bond acceptors (Lipinski definition) is 4. The van der Waals surface area contributed by atoms with E-state index in [0.717, 1.165) is 28.8 Å². The summed E-state index contributed by atoms with van der Waals surface area (Å²) in [6.45, 7) is 3.54. The molecular weight excluding hydrogens is 288 g/mol. The maximum Gasteiger partial charge on any atom is 0.336 e. The summed E-state index contributed by atoms with van der Waals surface area (Å²) in [4.78, 5) is 13.2. The lowest BCUT2D eigenvalue weighted by Gasteiger charge is -2.11. The molecule has 2 heterocycles. The molecule has 0 bridgehead atoms. The second-order valence-electron chi connectivity index (χ2n) is 4.01. The third-order valence-corrected chi connectivity index (χ3v) is 5.31. The number of aromatic carboxylic acids is 1. The first-order valence-corrected chi connectivity index (χ1v) is 7.67. The number of hydrogen-bond donors (Lipinski definition) is 2. The quantitative estimate of drug-likeness (QED) is 0.901. The molecule has 19 heavy (non-hydrogen) atoms. The Morgan fingerprint density at radius 3 is 2.37 bits per heavy atom. The summed E-state index contributed by atoms with van der Waals surface area (Å²) in [5.41, 5.74) is 1.46. The van der Waals surface area contributed by atoms with Crippen LogP contribution >= 0.6 is 11.3 Å². The predicted octanol–water partition coefficient (Wildman–Crippen LogP) is 1.80. The van der Waals surface area contributed by atoms with Gasteiger partial charge in [-0.1, -0.05) is 0 Å². The van der Waals surface area contributed by atoms with Gasteiger partial charge in [0.05, 0.1) is 5.56 Å². The SMILES string of the molecule is Cc1ccc(C)n1NS(=O)(=O)c1cc(C(=O)O)cs1. The van der Waals surface area contributed by atoms with E-state index < -0.39 is 16.0 Å². The second-order valence-corrected chi connectivity index (χ2v) is 6.80. The molecule has 0 saturated heterocycles. The van der Waals surface area contributed by atoms with Crippen LogP contribution in [-0.2, 0) is 10.0 Å². The zero-order chi connectivity index (χ0) is 14.2. The first-order chi connectivity index (χ1) is 8.81. The van der Waals surface area contributed by atoms with E-state index in [1.165, 1.54) is 10.1 Å². The van der Waals surface area contributed by atoms with Crippen molar-refractivity contribution in [3.8, 4) is 0 Å². The number of nitrogens with zero attached hydrogens (tertiary/aromatic N) is 1. The molecule has 2 aromatic rings. The van der Waals surface area contributed by atoms with E-state index in [1.54, 1.807) is 26.0 Å². The van der Waals surface area contributed by atoms with Crippen LogP contribution in [0.4, 0.5) is 0 Å². The molecule has 6 nitrogen and oxygen atoms in total. The highest BCUT2D eigenvalue weighted by molar-refractivity contribution is 7.94. The van der Waals surface area contributed by atoms with Crippen LogP contribution in [-0.4, -0.2) is 24.2 Å². The Morgan fingerprint density at radius 2 is 1.89 bits per heavy atom. The van der Waals surface area contributed by atoms with Crippen LogP contribution in [0.1, 0.15) is 21.7 Å². The lowest BCUT2D eigenvalue weighted by Crippen LogP contribution is -2.24. The largest absolute Gasteiger partial charge is 0.478 e. The molecule has 0 radical (unpaired) electrons. The topological polar surface area (TPSA) is 88.4 Å². The second kappa shape index (κ2) is 4.71. The molecule has 0 unspecified atom stereocenters. The predicted molar refractivity (Wildman–Crippen MR) is 71.7 cm³/mol. The van der Waals surface area contributed by atoms with Crippen LogP contribution in [0.2, 0.25) is 0 Å². The van der Waals surface area contributed by atoms with Crippen LogP contribution < -0.4 is 4.83 Å². The van der Waals surface area contributed by atoms with Gasteiger partial charge in [0.1, 0.15) is 4.21 Å². The Kier molecular flexibility index (Phi) is 3.38. The normalized spacial score (nSPS) is 11.5. The minimum atomic E-state index is -3.77. The molecular formula is C11H12N2O4S2. The van der Waals surface area contributed by atoms with Gasteiger partial charge in [-0.25, -0.2) is 9.63 Å². The van der Waals surface area contributed by atoms with Crippen molar-refractivity contribution in [2.45, 2.75) is 18.1 Å². The maximum atomic E-state index is 12.1. The Balaban J connectivity index is 2.35. The summed E-state index contributed by atoms with van der Waals surface area (Å²) in [5.74, 6) is -1.15. The highest BCUT2D eigenvalue weighted by Gasteiger charge is 2.20. The van der Waals surface area contributed by atoms with Crippen molar-refractivity contribution in [3.63, 3.8) is 0 Å². The van der Waals surface area contributed by atoms with Crippen LogP contribution in [0.15, 0.2) is 27.8 Å². The first-order valence-electron chi connectivity index (χ1n) is 5.31. The summed E-state index contributed by atoms with van der Waals surface area (Å²) in [5, 5.41) is 10.1.